The Hall–Kier alpha value is -3.30. The third-order valence-corrected chi connectivity index (χ3v) is 7.26. The van der Waals surface area contributed by atoms with E-state index in [-0.39, 0.29) is 49.2 Å². The van der Waals surface area contributed by atoms with E-state index in [0.717, 1.165) is 29.9 Å². The van der Waals surface area contributed by atoms with E-state index >= 15 is 0 Å². The van der Waals surface area contributed by atoms with Gasteiger partial charge in [0.05, 0.1) is 18.2 Å². The second kappa shape index (κ2) is 10.6. The number of fused-ring (bicyclic) bond motifs is 2. The molecule has 3 atom stereocenters. The lowest BCUT2D eigenvalue weighted by Crippen LogP contribution is -2.49. The summed E-state index contributed by atoms with van der Waals surface area (Å²) in [6, 6.07) is 10.8. The van der Waals surface area contributed by atoms with Crippen molar-refractivity contribution in [1.82, 2.24) is 9.80 Å². The van der Waals surface area contributed by atoms with E-state index in [1.807, 2.05) is 32.2 Å². The van der Waals surface area contributed by atoms with Gasteiger partial charge in [0.15, 0.2) is 11.5 Å². The van der Waals surface area contributed by atoms with Crippen LogP contribution >= 0.6 is 0 Å². The molecule has 0 aromatic heterocycles. The molecule has 2 aromatic carbocycles. The highest BCUT2D eigenvalue weighted by Gasteiger charge is 2.34. The summed E-state index contributed by atoms with van der Waals surface area (Å²) in [5.41, 5.74) is 2.07. The maximum atomic E-state index is 13.6. The predicted molar refractivity (Wildman–Crippen MR) is 138 cm³/mol. The number of amides is 2. The normalized spacial score (nSPS) is 21.6. The highest BCUT2D eigenvalue weighted by molar-refractivity contribution is 6.00. The molecule has 2 aliphatic heterocycles. The monoisotopic (exact) mass is 509 g/mol. The van der Waals surface area contributed by atoms with Gasteiger partial charge in [-0.1, -0.05) is 13.0 Å². The third kappa shape index (κ3) is 5.67. The average molecular weight is 510 g/mol. The third-order valence-electron chi connectivity index (χ3n) is 7.26. The van der Waals surface area contributed by atoms with Gasteiger partial charge in [0.1, 0.15) is 11.9 Å². The summed E-state index contributed by atoms with van der Waals surface area (Å²) < 4.78 is 17.4. The number of benzene rings is 2. The van der Waals surface area contributed by atoms with Gasteiger partial charge < -0.3 is 29.5 Å². The Morgan fingerprint density at radius 3 is 2.68 bits per heavy atom. The number of hydrogen-bond acceptors (Lipinski definition) is 7. The van der Waals surface area contributed by atoms with Gasteiger partial charge in [-0.25, -0.2) is 0 Å². The molecular weight excluding hydrogens is 474 g/mol. The van der Waals surface area contributed by atoms with E-state index in [4.69, 9.17) is 14.2 Å². The van der Waals surface area contributed by atoms with Crippen LogP contribution in [0.3, 0.4) is 0 Å². The first-order valence-corrected chi connectivity index (χ1v) is 12.9. The number of rotatable bonds is 8. The van der Waals surface area contributed by atoms with Gasteiger partial charge >= 0.3 is 0 Å². The number of nitrogens with one attached hydrogen (secondary N) is 1. The van der Waals surface area contributed by atoms with E-state index in [9.17, 15) is 14.7 Å². The van der Waals surface area contributed by atoms with E-state index in [0.29, 0.717) is 36.6 Å². The standard InChI is InChI=1S/C28H35N3O6/c1-17-12-31(18(2)15-32)28(34)22-11-21(29-27(33)20-5-6-20)7-9-23(22)37-26(17)14-30(3)13-19-4-8-24-25(10-19)36-16-35-24/h4,7-11,17-18,20,26,32H,5-6,12-16H2,1-3H3,(H,29,33)/t17-,18+,26-/m0/s1. The molecule has 5 rings (SSSR count). The molecule has 37 heavy (non-hydrogen) atoms. The summed E-state index contributed by atoms with van der Waals surface area (Å²) >= 11 is 0. The summed E-state index contributed by atoms with van der Waals surface area (Å²) in [6.07, 6.45) is 1.60. The fraction of sp³-hybridized carbons (Fsp3) is 0.500. The first kappa shape index (κ1) is 25.4. The molecule has 198 valence electrons. The van der Waals surface area contributed by atoms with Crippen LogP contribution in [-0.2, 0) is 11.3 Å². The summed E-state index contributed by atoms with van der Waals surface area (Å²) in [5.74, 6) is 1.85. The van der Waals surface area contributed by atoms with E-state index in [1.165, 1.54) is 0 Å². The van der Waals surface area contributed by atoms with Crippen molar-refractivity contribution >= 4 is 17.5 Å². The zero-order chi connectivity index (χ0) is 26.1. The summed E-state index contributed by atoms with van der Waals surface area (Å²) in [7, 11) is 2.04. The molecule has 3 aliphatic rings. The second-order valence-corrected chi connectivity index (χ2v) is 10.5. The van der Waals surface area contributed by atoms with E-state index < -0.39 is 0 Å². The first-order valence-electron chi connectivity index (χ1n) is 12.9. The minimum absolute atomic E-state index is 0.0135. The largest absolute Gasteiger partial charge is 0.488 e. The topological polar surface area (TPSA) is 101 Å². The number of carbonyl (C=O) groups is 2. The van der Waals surface area contributed by atoms with Gasteiger partial charge in [-0.2, -0.15) is 0 Å². The number of carbonyl (C=O) groups excluding carboxylic acids is 2. The van der Waals surface area contributed by atoms with Crippen molar-refractivity contribution in [1.29, 1.82) is 0 Å². The molecule has 1 fully saturated rings. The number of anilines is 1. The van der Waals surface area contributed by atoms with Gasteiger partial charge in [0.2, 0.25) is 12.7 Å². The highest BCUT2D eigenvalue weighted by Crippen LogP contribution is 2.34. The minimum atomic E-state index is -0.349. The fourth-order valence-corrected chi connectivity index (χ4v) is 4.83. The number of nitrogens with zero attached hydrogens (tertiary/aromatic N) is 2. The van der Waals surface area contributed by atoms with Crippen molar-refractivity contribution < 1.29 is 28.9 Å². The summed E-state index contributed by atoms with van der Waals surface area (Å²) in [6.45, 7) is 5.78. The number of aliphatic hydroxyl groups excluding tert-OH is 1. The van der Waals surface area contributed by atoms with Crippen molar-refractivity contribution in [3.63, 3.8) is 0 Å². The zero-order valence-corrected chi connectivity index (χ0v) is 21.6. The molecular formula is C28H35N3O6. The second-order valence-electron chi connectivity index (χ2n) is 10.5. The average Bonchev–Trinajstić information content (AvgIpc) is 3.64. The molecule has 2 aromatic rings. The van der Waals surface area contributed by atoms with Crippen LogP contribution in [-0.4, -0.2) is 72.4 Å². The Bertz CT molecular complexity index is 1170. The maximum absolute atomic E-state index is 13.6. The van der Waals surface area contributed by atoms with Crippen LogP contribution in [0, 0.1) is 11.8 Å². The lowest BCUT2D eigenvalue weighted by Gasteiger charge is -2.38. The smallest absolute Gasteiger partial charge is 0.258 e. The zero-order valence-electron chi connectivity index (χ0n) is 21.6. The Kier molecular flexibility index (Phi) is 7.26. The van der Waals surface area contributed by atoms with Crippen LogP contribution in [0.15, 0.2) is 36.4 Å². The number of aliphatic hydroxyl groups is 1. The van der Waals surface area contributed by atoms with E-state index in [1.54, 1.807) is 23.1 Å². The SMILES string of the molecule is C[C@H](CO)N1C[C@H](C)[C@H](CN(C)Cc2ccc3c(c2)OCO3)Oc2ccc(NC(=O)C3CC3)cc2C1=O. The van der Waals surface area contributed by atoms with Crippen LogP contribution in [0.2, 0.25) is 0 Å². The van der Waals surface area contributed by atoms with Crippen molar-refractivity contribution in [2.45, 2.75) is 45.4 Å². The molecule has 0 spiro atoms. The quantitative estimate of drug-likeness (QED) is 0.564. The molecule has 2 amide bonds. The van der Waals surface area contributed by atoms with Gasteiger partial charge in [-0.05, 0) is 62.7 Å². The van der Waals surface area contributed by atoms with Crippen LogP contribution < -0.4 is 19.5 Å². The predicted octanol–water partition coefficient (Wildman–Crippen LogP) is 3.12. The van der Waals surface area contributed by atoms with Gasteiger partial charge in [0.25, 0.3) is 5.91 Å². The van der Waals surface area contributed by atoms with Gasteiger partial charge in [-0.15, -0.1) is 0 Å². The molecule has 2 heterocycles. The fourth-order valence-electron chi connectivity index (χ4n) is 4.83. The molecule has 0 radical (unpaired) electrons. The first-order chi connectivity index (χ1) is 17.8. The minimum Gasteiger partial charge on any atom is -0.488 e. The number of hydrogen-bond donors (Lipinski definition) is 2. The van der Waals surface area contributed by atoms with Crippen LogP contribution in [0.25, 0.3) is 0 Å². The lowest BCUT2D eigenvalue weighted by molar-refractivity contribution is -0.117. The molecule has 9 nitrogen and oxygen atoms in total. The molecule has 0 bridgehead atoms. The Labute approximate surface area is 217 Å². The summed E-state index contributed by atoms with van der Waals surface area (Å²) in [5, 5.41) is 12.8. The lowest BCUT2D eigenvalue weighted by atomic mass is 9.99. The molecule has 9 heteroatoms. The Morgan fingerprint density at radius 2 is 1.92 bits per heavy atom. The van der Waals surface area contributed by atoms with E-state index in [2.05, 4.69) is 17.1 Å². The molecule has 1 saturated carbocycles. The maximum Gasteiger partial charge on any atom is 0.258 e. The molecule has 2 N–H and O–H groups in total. The molecule has 1 aliphatic carbocycles. The highest BCUT2D eigenvalue weighted by atomic mass is 16.7. The van der Waals surface area contributed by atoms with Crippen LogP contribution in [0.5, 0.6) is 17.2 Å². The molecule has 0 unspecified atom stereocenters. The van der Waals surface area contributed by atoms with Crippen LogP contribution in [0.4, 0.5) is 5.69 Å². The Morgan fingerprint density at radius 1 is 1.16 bits per heavy atom. The summed E-state index contributed by atoms with van der Waals surface area (Å²) in [4.78, 5) is 29.8. The van der Waals surface area contributed by atoms with Crippen LogP contribution in [0.1, 0.15) is 42.6 Å². The van der Waals surface area contributed by atoms with Crippen molar-refractivity contribution in [2.24, 2.45) is 11.8 Å². The molecule has 0 saturated heterocycles. The van der Waals surface area contributed by atoms with Crippen molar-refractivity contribution in [3.05, 3.63) is 47.5 Å². The van der Waals surface area contributed by atoms with Crippen molar-refractivity contribution in [2.75, 3.05) is 38.9 Å². The number of ether oxygens (including phenoxy) is 3. The van der Waals surface area contributed by atoms with Gasteiger partial charge in [0, 0.05) is 37.2 Å². The van der Waals surface area contributed by atoms with Crippen molar-refractivity contribution in [3.8, 4) is 17.2 Å². The number of likely N-dealkylation sites (N-methyl/N-ethyl adjacent to an activating group) is 1. The van der Waals surface area contributed by atoms with Gasteiger partial charge in [-0.3, -0.25) is 14.5 Å². The Balaban J connectivity index is 1.36.